The molecular weight excluding hydrogens is 162 g/mol. The van der Waals surface area contributed by atoms with Gasteiger partial charge in [-0.05, 0) is 17.6 Å². The Labute approximate surface area is 69.7 Å². The minimum Gasteiger partial charge on any atom is -0.383 e. The molecule has 0 spiro atoms. The second kappa shape index (κ2) is 4.27. The fraction of sp³-hybridized carbons (Fsp3) is 0.500. The minimum absolute atomic E-state index is 0.633. The molecule has 0 amide bonds. The summed E-state index contributed by atoms with van der Waals surface area (Å²) < 4.78 is 8.80. The van der Waals surface area contributed by atoms with E-state index in [-0.39, 0.29) is 0 Å². The Hall–Kier alpha value is -0.650. The monoisotopic (exact) mass is 173 g/mol. The van der Waals surface area contributed by atoms with E-state index in [9.17, 15) is 0 Å². The van der Waals surface area contributed by atoms with E-state index >= 15 is 0 Å². The highest BCUT2D eigenvalue weighted by Gasteiger charge is 2.00. The van der Waals surface area contributed by atoms with Crippen LogP contribution in [0.15, 0.2) is 12.3 Å². The van der Waals surface area contributed by atoms with Gasteiger partial charge in [0.2, 0.25) is 0 Å². The van der Waals surface area contributed by atoms with Crippen molar-refractivity contribution >= 4 is 16.5 Å². The lowest BCUT2D eigenvalue weighted by Crippen LogP contribution is -2.33. The fourth-order valence-corrected chi connectivity index (χ4v) is 1.20. The van der Waals surface area contributed by atoms with Crippen LogP contribution in [0.2, 0.25) is 0 Å². The van der Waals surface area contributed by atoms with E-state index < -0.39 is 0 Å². The van der Waals surface area contributed by atoms with Crippen LogP contribution >= 0.6 is 11.5 Å². The zero-order valence-electron chi connectivity index (χ0n) is 6.36. The van der Waals surface area contributed by atoms with E-state index in [0.717, 1.165) is 5.00 Å². The van der Waals surface area contributed by atoms with E-state index in [1.165, 1.54) is 11.5 Å². The van der Waals surface area contributed by atoms with E-state index in [1.54, 1.807) is 18.3 Å². The number of hydrogen-bond acceptors (Lipinski definition) is 5. The molecular formula is C6H11N3OS. The minimum atomic E-state index is 0.633. The van der Waals surface area contributed by atoms with Crippen LogP contribution in [0, 0.1) is 0 Å². The van der Waals surface area contributed by atoms with Gasteiger partial charge in [0.25, 0.3) is 0 Å². The molecule has 0 unspecified atom stereocenters. The number of hydrazine groups is 1. The van der Waals surface area contributed by atoms with Crippen LogP contribution < -0.4 is 10.9 Å². The molecule has 0 aromatic carbocycles. The Kier molecular flexibility index (Phi) is 3.28. The molecule has 1 aromatic rings. The summed E-state index contributed by atoms with van der Waals surface area (Å²) in [5.41, 5.74) is 0. The number of nitrogens with zero attached hydrogens (tertiary/aromatic N) is 2. The van der Waals surface area contributed by atoms with E-state index in [1.807, 2.05) is 6.07 Å². The summed E-state index contributed by atoms with van der Waals surface area (Å²) in [6.07, 6.45) is 1.73. The fourth-order valence-electron chi connectivity index (χ4n) is 0.657. The first-order chi connectivity index (χ1) is 5.34. The van der Waals surface area contributed by atoms with Crippen LogP contribution in [0.5, 0.6) is 0 Å². The zero-order valence-corrected chi connectivity index (χ0v) is 7.17. The molecule has 1 rings (SSSR count). The van der Waals surface area contributed by atoms with E-state index in [4.69, 9.17) is 10.6 Å². The molecule has 11 heavy (non-hydrogen) atoms. The Morgan fingerprint density at radius 1 is 1.82 bits per heavy atom. The summed E-state index contributed by atoms with van der Waals surface area (Å²) in [5.74, 6) is 5.65. The van der Waals surface area contributed by atoms with Crippen molar-refractivity contribution in [3.8, 4) is 0 Å². The molecule has 5 heteroatoms. The lowest BCUT2D eigenvalue weighted by atomic mass is 10.6. The average Bonchev–Trinajstić information content (AvgIpc) is 2.52. The van der Waals surface area contributed by atoms with Gasteiger partial charge in [0.05, 0.1) is 13.2 Å². The van der Waals surface area contributed by atoms with E-state index in [0.29, 0.717) is 13.2 Å². The summed E-state index contributed by atoms with van der Waals surface area (Å²) in [6, 6.07) is 1.88. The first-order valence-corrected chi connectivity index (χ1v) is 4.04. The van der Waals surface area contributed by atoms with Crippen LogP contribution in [0.3, 0.4) is 0 Å². The third kappa shape index (κ3) is 2.45. The third-order valence-corrected chi connectivity index (χ3v) is 2.03. The average molecular weight is 173 g/mol. The summed E-state index contributed by atoms with van der Waals surface area (Å²) in [5, 5.41) is 2.59. The molecule has 1 aromatic heterocycles. The predicted molar refractivity (Wildman–Crippen MR) is 45.5 cm³/mol. The van der Waals surface area contributed by atoms with Gasteiger partial charge in [0.15, 0.2) is 0 Å². The number of methoxy groups -OCH3 is 1. The molecule has 0 saturated heterocycles. The van der Waals surface area contributed by atoms with Crippen LogP contribution in [0.1, 0.15) is 0 Å². The van der Waals surface area contributed by atoms with Crippen molar-refractivity contribution in [1.82, 2.24) is 4.37 Å². The molecule has 1 heterocycles. The number of hydrogen-bond donors (Lipinski definition) is 1. The number of aromatic nitrogens is 1. The van der Waals surface area contributed by atoms with Crippen LogP contribution in [0.4, 0.5) is 5.00 Å². The second-order valence-electron chi connectivity index (χ2n) is 2.04. The molecule has 0 fully saturated rings. The highest BCUT2D eigenvalue weighted by Crippen LogP contribution is 2.14. The van der Waals surface area contributed by atoms with Crippen molar-refractivity contribution < 1.29 is 4.74 Å². The van der Waals surface area contributed by atoms with Crippen molar-refractivity contribution in [3.63, 3.8) is 0 Å². The first-order valence-electron chi connectivity index (χ1n) is 3.26. The lowest BCUT2D eigenvalue weighted by molar-refractivity contribution is 0.205. The molecule has 0 saturated carbocycles. The Bertz CT molecular complexity index is 190. The highest BCUT2D eigenvalue weighted by atomic mass is 32.1. The predicted octanol–water partition coefficient (Wildman–Crippen LogP) is 0.470. The van der Waals surface area contributed by atoms with Gasteiger partial charge < -0.3 is 4.74 Å². The topological polar surface area (TPSA) is 51.4 Å². The van der Waals surface area contributed by atoms with Crippen molar-refractivity contribution in [1.29, 1.82) is 0 Å². The van der Waals surface area contributed by atoms with Gasteiger partial charge >= 0.3 is 0 Å². The van der Waals surface area contributed by atoms with Gasteiger partial charge in [-0.15, -0.1) is 0 Å². The molecule has 2 N–H and O–H groups in total. The number of anilines is 1. The highest BCUT2D eigenvalue weighted by molar-refractivity contribution is 7.10. The quantitative estimate of drug-likeness (QED) is 0.531. The Morgan fingerprint density at radius 2 is 2.64 bits per heavy atom. The summed E-state index contributed by atoms with van der Waals surface area (Å²) in [7, 11) is 1.65. The maximum absolute atomic E-state index is 5.65. The van der Waals surface area contributed by atoms with Gasteiger partial charge in [0, 0.05) is 13.3 Å². The van der Waals surface area contributed by atoms with Crippen molar-refractivity contribution in [2.45, 2.75) is 0 Å². The van der Waals surface area contributed by atoms with Gasteiger partial charge in [-0.1, -0.05) is 0 Å². The second-order valence-corrected chi connectivity index (χ2v) is 2.85. The number of ether oxygens (including phenoxy) is 1. The maximum atomic E-state index is 5.65. The molecule has 0 radical (unpaired) electrons. The molecule has 0 aliphatic rings. The lowest BCUT2D eigenvalue weighted by Gasteiger charge is -2.14. The molecule has 62 valence electrons. The summed E-state index contributed by atoms with van der Waals surface area (Å²) in [4.78, 5) is 0. The number of rotatable bonds is 4. The molecule has 0 bridgehead atoms. The van der Waals surface area contributed by atoms with Crippen molar-refractivity contribution in [2.24, 2.45) is 5.84 Å². The molecule has 0 atom stereocenters. The smallest absolute Gasteiger partial charge is 0.126 e. The van der Waals surface area contributed by atoms with Gasteiger partial charge in [0.1, 0.15) is 5.00 Å². The summed E-state index contributed by atoms with van der Waals surface area (Å²) in [6.45, 7) is 1.33. The summed E-state index contributed by atoms with van der Waals surface area (Å²) >= 11 is 1.38. The third-order valence-electron chi connectivity index (χ3n) is 1.24. The van der Waals surface area contributed by atoms with Crippen LogP contribution in [0.25, 0.3) is 0 Å². The van der Waals surface area contributed by atoms with Gasteiger partial charge in [-0.25, -0.2) is 5.84 Å². The van der Waals surface area contributed by atoms with Crippen LogP contribution in [-0.2, 0) is 4.74 Å². The number of nitrogens with two attached hydrogens (primary N) is 1. The first kappa shape index (κ1) is 8.45. The largest absolute Gasteiger partial charge is 0.383 e. The molecule has 0 aliphatic carbocycles. The SMILES string of the molecule is COCCN(N)c1ccns1. The normalized spacial score (nSPS) is 10.0. The van der Waals surface area contributed by atoms with Crippen molar-refractivity contribution in [2.75, 3.05) is 25.3 Å². The standard InChI is InChI=1S/C6H11N3OS/c1-10-5-4-9(7)6-2-3-8-11-6/h2-3H,4-5,7H2,1H3. The molecule has 0 aliphatic heterocycles. The molecule has 4 nitrogen and oxygen atoms in total. The zero-order chi connectivity index (χ0) is 8.10. The Morgan fingerprint density at radius 3 is 3.18 bits per heavy atom. The van der Waals surface area contributed by atoms with Crippen LogP contribution in [-0.4, -0.2) is 24.6 Å². The van der Waals surface area contributed by atoms with Gasteiger partial charge in [-0.3, -0.25) is 5.01 Å². The Balaban J connectivity index is 2.36. The van der Waals surface area contributed by atoms with Crippen molar-refractivity contribution in [3.05, 3.63) is 12.3 Å². The van der Waals surface area contributed by atoms with Gasteiger partial charge in [-0.2, -0.15) is 4.37 Å². The maximum Gasteiger partial charge on any atom is 0.126 e. The van der Waals surface area contributed by atoms with E-state index in [2.05, 4.69) is 4.37 Å².